The second kappa shape index (κ2) is 5.97. The van der Waals surface area contributed by atoms with Crippen molar-refractivity contribution in [2.45, 2.75) is 6.54 Å². The molecule has 1 N–H and O–H groups in total. The lowest BCUT2D eigenvalue weighted by atomic mass is 10.2. The van der Waals surface area contributed by atoms with Crippen molar-refractivity contribution in [3.8, 4) is 11.8 Å². The highest BCUT2D eigenvalue weighted by Gasteiger charge is 2.03. The molecule has 0 spiro atoms. The van der Waals surface area contributed by atoms with Gasteiger partial charge in [-0.15, -0.1) is 0 Å². The first kappa shape index (κ1) is 13.0. The Morgan fingerprint density at radius 3 is 3.10 bits per heavy atom. The van der Waals surface area contributed by atoms with E-state index in [1.54, 1.807) is 0 Å². The lowest BCUT2D eigenvalue weighted by Gasteiger charge is -2.07. The van der Waals surface area contributed by atoms with Crippen molar-refractivity contribution in [1.29, 1.82) is 5.26 Å². The average molecular weight is 278 g/mol. The summed E-state index contributed by atoms with van der Waals surface area (Å²) in [5, 5.41) is 16.2. The zero-order valence-electron chi connectivity index (χ0n) is 11.4. The van der Waals surface area contributed by atoms with E-state index in [9.17, 15) is 0 Å². The molecule has 0 saturated carbocycles. The first-order chi connectivity index (χ1) is 10.4. The van der Waals surface area contributed by atoms with Gasteiger partial charge in [-0.2, -0.15) is 10.4 Å². The number of ether oxygens (including phenoxy) is 1. The minimum atomic E-state index is 0.0531. The van der Waals surface area contributed by atoms with Crippen molar-refractivity contribution < 1.29 is 4.74 Å². The molecule has 0 radical (unpaired) electrons. The molecule has 21 heavy (non-hydrogen) atoms. The molecule has 5 heteroatoms. The maximum Gasteiger partial charge on any atom is 0.174 e. The third-order valence-corrected chi connectivity index (χ3v) is 3.13. The minimum Gasteiger partial charge on any atom is -0.479 e. The number of nitrogens with one attached hydrogen (secondary N) is 1. The second-order valence-electron chi connectivity index (χ2n) is 4.53. The molecule has 0 aliphatic rings. The lowest BCUT2D eigenvalue weighted by molar-refractivity contribution is 0.368. The maximum absolute atomic E-state index is 8.53. The van der Waals surface area contributed by atoms with Gasteiger partial charge in [0, 0.05) is 30.1 Å². The highest BCUT2D eigenvalue weighted by atomic mass is 16.5. The summed E-state index contributed by atoms with van der Waals surface area (Å²) in [5.74, 6) is 0.682. The Kier molecular flexibility index (Phi) is 3.70. The molecule has 0 aliphatic carbocycles. The van der Waals surface area contributed by atoms with Crippen LogP contribution in [0.5, 0.6) is 5.75 Å². The van der Waals surface area contributed by atoms with Gasteiger partial charge in [0.25, 0.3) is 0 Å². The van der Waals surface area contributed by atoms with Gasteiger partial charge in [-0.1, -0.05) is 12.1 Å². The van der Waals surface area contributed by atoms with E-state index in [4.69, 9.17) is 10.00 Å². The fraction of sp³-hybridized carbons (Fsp3) is 0.125. The molecule has 104 valence electrons. The van der Waals surface area contributed by atoms with E-state index < -0.39 is 0 Å². The van der Waals surface area contributed by atoms with E-state index in [1.165, 1.54) is 0 Å². The normalized spacial score (nSPS) is 10.2. The SMILES string of the molecule is N#CCOc1cccc(NCc2cnn3ccccc23)c1. The standard InChI is InChI=1S/C16H14N4O/c17-7-9-21-15-5-3-4-14(10-15)18-11-13-12-19-20-8-2-1-6-16(13)20/h1-6,8,10,12,18H,9,11H2. The first-order valence-electron chi connectivity index (χ1n) is 6.62. The number of hydrogen-bond acceptors (Lipinski definition) is 4. The van der Waals surface area contributed by atoms with Gasteiger partial charge < -0.3 is 10.1 Å². The van der Waals surface area contributed by atoms with Crippen LogP contribution in [0.3, 0.4) is 0 Å². The number of fused-ring (bicyclic) bond motifs is 1. The Morgan fingerprint density at radius 1 is 1.24 bits per heavy atom. The van der Waals surface area contributed by atoms with E-state index in [0.717, 1.165) is 16.8 Å². The monoisotopic (exact) mass is 278 g/mol. The first-order valence-corrected chi connectivity index (χ1v) is 6.62. The van der Waals surface area contributed by atoms with Gasteiger partial charge in [-0.05, 0) is 24.3 Å². The highest BCUT2D eigenvalue weighted by molar-refractivity contribution is 5.56. The summed E-state index contributed by atoms with van der Waals surface area (Å²) in [6, 6.07) is 15.5. The van der Waals surface area contributed by atoms with E-state index in [1.807, 2.05) is 65.4 Å². The van der Waals surface area contributed by atoms with Crippen molar-refractivity contribution in [2.24, 2.45) is 0 Å². The summed E-state index contributed by atoms with van der Waals surface area (Å²) >= 11 is 0. The van der Waals surface area contributed by atoms with Crippen LogP contribution in [0.4, 0.5) is 5.69 Å². The van der Waals surface area contributed by atoms with Gasteiger partial charge >= 0.3 is 0 Å². The Hall–Kier alpha value is -3.00. The molecule has 0 saturated heterocycles. The van der Waals surface area contributed by atoms with Crippen LogP contribution in [0.15, 0.2) is 54.9 Å². The largest absolute Gasteiger partial charge is 0.479 e. The Bertz CT molecular complexity index is 788. The molecule has 2 heterocycles. The zero-order valence-corrected chi connectivity index (χ0v) is 11.4. The van der Waals surface area contributed by atoms with Gasteiger partial charge in [0.05, 0.1) is 11.7 Å². The summed E-state index contributed by atoms with van der Waals surface area (Å²) in [5.41, 5.74) is 3.15. The summed E-state index contributed by atoms with van der Waals surface area (Å²) in [7, 11) is 0. The summed E-state index contributed by atoms with van der Waals surface area (Å²) in [4.78, 5) is 0. The molecular formula is C16H14N4O. The van der Waals surface area contributed by atoms with Crippen molar-refractivity contribution in [1.82, 2.24) is 9.61 Å². The fourth-order valence-corrected chi connectivity index (χ4v) is 2.13. The number of aromatic nitrogens is 2. The van der Waals surface area contributed by atoms with Crippen LogP contribution in [0.2, 0.25) is 0 Å². The number of benzene rings is 1. The zero-order chi connectivity index (χ0) is 14.5. The Labute approximate surface area is 122 Å². The molecule has 0 aliphatic heterocycles. The molecule has 2 aromatic heterocycles. The molecule has 3 rings (SSSR count). The fourth-order valence-electron chi connectivity index (χ4n) is 2.13. The molecule has 0 fully saturated rings. The summed E-state index contributed by atoms with van der Waals surface area (Å²) in [6.45, 7) is 0.729. The van der Waals surface area contributed by atoms with Crippen molar-refractivity contribution in [2.75, 3.05) is 11.9 Å². The summed E-state index contributed by atoms with van der Waals surface area (Å²) in [6.07, 6.45) is 3.79. The molecule has 0 bridgehead atoms. The van der Waals surface area contributed by atoms with Gasteiger partial charge in [-0.3, -0.25) is 0 Å². The third kappa shape index (κ3) is 2.95. The van der Waals surface area contributed by atoms with Crippen LogP contribution in [-0.2, 0) is 6.54 Å². The average Bonchev–Trinajstić information content (AvgIpc) is 2.95. The minimum absolute atomic E-state index is 0.0531. The van der Waals surface area contributed by atoms with Crippen molar-refractivity contribution in [3.05, 3.63) is 60.4 Å². The van der Waals surface area contributed by atoms with Crippen LogP contribution < -0.4 is 10.1 Å². The topological polar surface area (TPSA) is 62.3 Å². The van der Waals surface area contributed by atoms with Crippen molar-refractivity contribution >= 4 is 11.2 Å². The quantitative estimate of drug-likeness (QED) is 0.779. The molecule has 5 nitrogen and oxygen atoms in total. The van der Waals surface area contributed by atoms with Crippen LogP contribution in [-0.4, -0.2) is 16.2 Å². The predicted molar refractivity (Wildman–Crippen MR) is 80.1 cm³/mol. The Morgan fingerprint density at radius 2 is 2.19 bits per heavy atom. The highest BCUT2D eigenvalue weighted by Crippen LogP contribution is 2.19. The van der Waals surface area contributed by atoms with Gasteiger partial charge in [0.2, 0.25) is 0 Å². The van der Waals surface area contributed by atoms with E-state index >= 15 is 0 Å². The van der Waals surface area contributed by atoms with Crippen LogP contribution in [0, 0.1) is 11.3 Å². The van der Waals surface area contributed by atoms with E-state index in [0.29, 0.717) is 12.3 Å². The lowest BCUT2D eigenvalue weighted by Crippen LogP contribution is -2.00. The number of rotatable bonds is 5. The van der Waals surface area contributed by atoms with Crippen LogP contribution >= 0.6 is 0 Å². The van der Waals surface area contributed by atoms with Gasteiger partial charge in [0.1, 0.15) is 11.8 Å². The molecule has 0 unspecified atom stereocenters. The smallest absolute Gasteiger partial charge is 0.174 e. The van der Waals surface area contributed by atoms with Gasteiger partial charge in [-0.25, -0.2) is 4.52 Å². The number of nitriles is 1. The molecule has 3 aromatic rings. The van der Waals surface area contributed by atoms with Crippen LogP contribution in [0.25, 0.3) is 5.52 Å². The van der Waals surface area contributed by atoms with E-state index in [-0.39, 0.29) is 6.61 Å². The second-order valence-corrected chi connectivity index (χ2v) is 4.53. The number of pyridine rings is 1. The third-order valence-electron chi connectivity index (χ3n) is 3.13. The van der Waals surface area contributed by atoms with Gasteiger partial charge in [0.15, 0.2) is 6.61 Å². The number of nitrogens with zero attached hydrogens (tertiary/aromatic N) is 3. The maximum atomic E-state index is 8.53. The number of hydrogen-bond donors (Lipinski definition) is 1. The van der Waals surface area contributed by atoms with Crippen LogP contribution in [0.1, 0.15) is 5.56 Å². The molecule has 0 atom stereocenters. The number of anilines is 1. The molecular weight excluding hydrogens is 264 g/mol. The van der Waals surface area contributed by atoms with Crippen molar-refractivity contribution in [3.63, 3.8) is 0 Å². The molecule has 0 amide bonds. The Balaban J connectivity index is 1.71. The molecule has 1 aromatic carbocycles. The predicted octanol–water partition coefficient (Wildman–Crippen LogP) is 2.85. The van der Waals surface area contributed by atoms with E-state index in [2.05, 4.69) is 10.4 Å². The summed E-state index contributed by atoms with van der Waals surface area (Å²) < 4.78 is 7.14.